The number of rotatable bonds is 6. The van der Waals surface area contributed by atoms with Gasteiger partial charge in [-0.25, -0.2) is 4.79 Å². The molecule has 43 heavy (non-hydrogen) atoms. The number of likely N-dealkylation sites (tertiary alicyclic amines) is 2. The third kappa shape index (κ3) is 6.30. The first-order valence-electron chi connectivity index (χ1n) is 14.2. The molecule has 2 aliphatic rings. The SMILES string of the molecule is CC1(C)CN([C@H]2CN(C(=O)C(c3ccccc3)c3ccccc3)C[C@@H]2OC(=O)C(F)(F)F)CC[C@]1(O)c1ccc(Cl)cc1. The number of piperidine rings is 1. The van der Waals surface area contributed by atoms with Gasteiger partial charge in [0.15, 0.2) is 0 Å². The molecule has 3 atom stereocenters. The first-order valence-corrected chi connectivity index (χ1v) is 14.6. The normalized spacial score (nSPS) is 24.2. The second kappa shape index (κ2) is 11.9. The van der Waals surface area contributed by atoms with Crippen molar-refractivity contribution in [1.82, 2.24) is 9.80 Å². The number of halogens is 4. The molecule has 0 bridgehead atoms. The van der Waals surface area contributed by atoms with Crippen molar-refractivity contribution in [3.05, 3.63) is 107 Å². The largest absolute Gasteiger partial charge is 0.490 e. The Morgan fingerprint density at radius 3 is 2.00 bits per heavy atom. The number of carbonyl (C=O) groups is 2. The summed E-state index contributed by atoms with van der Waals surface area (Å²) in [4.78, 5) is 29.6. The molecule has 3 aromatic carbocycles. The zero-order chi connectivity index (χ0) is 31.0. The van der Waals surface area contributed by atoms with Crippen molar-refractivity contribution in [2.75, 3.05) is 26.2 Å². The minimum atomic E-state index is -5.17. The van der Waals surface area contributed by atoms with E-state index in [0.29, 0.717) is 23.7 Å². The Morgan fingerprint density at radius 1 is 0.930 bits per heavy atom. The summed E-state index contributed by atoms with van der Waals surface area (Å²) in [5.74, 6) is -3.26. The molecule has 0 unspecified atom stereocenters. The second-order valence-electron chi connectivity index (χ2n) is 12.0. The van der Waals surface area contributed by atoms with Crippen molar-refractivity contribution in [2.24, 2.45) is 5.41 Å². The van der Waals surface area contributed by atoms with Crippen LogP contribution in [0.5, 0.6) is 0 Å². The molecule has 0 aromatic heterocycles. The minimum absolute atomic E-state index is 0.0697. The number of ether oxygens (including phenoxy) is 1. The topological polar surface area (TPSA) is 70.1 Å². The molecular formula is C33H34ClF3N2O4. The second-order valence-corrected chi connectivity index (χ2v) is 12.4. The summed E-state index contributed by atoms with van der Waals surface area (Å²) in [5.41, 5.74) is 0.215. The molecule has 3 aromatic rings. The van der Waals surface area contributed by atoms with Crippen LogP contribution in [0.25, 0.3) is 0 Å². The van der Waals surface area contributed by atoms with E-state index >= 15 is 0 Å². The standard InChI is InChI=1S/C33H34ClF3N2O4/c1-31(2)21-38(18-17-32(31,42)24-13-15-25(34)16-14-24)26-19-39(20-27(26)43-30(41)33(35,36)37)29(40)28(22-9-5-3-6-10-22)23-11-7-4-8-12-23/h3-16,26-28,42H,17-21H2,1-2H3/t26-,27-,32-/m0/s1. The number of amides is 1. The third-order valence-electron chi connectivity index (χ3n) is 8.82. The smallest absolute Gasteiger partial charge is 0.452 e. The van der Waals surface area contributed by atoms with E-state index in [1.54, 1.807) is 24.3 Å². The summed E-state index contributed by atoms with van der Waals surface area (Å²) in [5, 5.41) is 12.4. The molecule has 10 heteroatoms. The summed E-state index contributed by atoms with van der Waals surface area (Å²) in [6, 6.07) is 24.6. The van der Waals surface area contributed by atoms with Crippen LogP contribution in [0.3, 0.4) is 0 Å². The van der Waals surface area contributed by atoms with Crippen molar-refractivity contribution in [2.45, 2.75) is 50.1 Å². The van der Waals surface area contributed by atoms with Gasteiger partial charge in [0.2, 0.25) is 5.91 Å². The molecule has 1 N–H and O–H groups in total. The number of hydrogen-bond acceptors (Lipinski definition) is 5. The number of hydrogen-bond donors (Lipinski definition) is 1. The van der Waals surface area contributed by atoms with E-state index in [2.05, 4.69) is 0 Å². The quantitative estimate of drug-likeness (QED) is 0.357. The zero-order valence-corrected chi connectivity index (χ0v) is 24.7. The number of alkyl halides is 3. The average molecular weight is 615 g/mol. The van der Waals surface area contributed by atoms with Gasteiger partial charge < -0.3 is 14.7 Å². The monoisotopic (exact) mass is 614 g/mol. The van der Waals surface area contributed by atoms with Gasteiger partial charge >= 0.3 is 12.1 Å². The van der Waals surface area contributed by atoms with E-state index in [-0.39, 0.29) is 25.4 Å². The highest BCUT2D eigenvalue weighted by Gasteiger charge is 2.53. The fourth-order valence-electron chi connectivity index (χ4n) is 6.46. The highest BCUT2D eigenvalue weighted by Crippen LogP contribution is 2.47. The highest BCUT2D eigenvalue weighted by atomic mass is 35.5. The molecule has 228 valence electrons. The first kappa shape index (κ1) is 31.0. The van der Waals surface area contributed by atoms with Gasteiger partial charge in [0.05, 0.1) is 24.1 Å². The number of aliphatic hydroxyl groups is 1. The Morgan fingerprint density at radius 2 is 1.49 bits per heavy atom. The van der Waals surface area contributed by atoms with Crippen LogP contribution in [0.15, 0.2) is 84.9 Å². The highest BCUT2D eigenvalue weighted by molar-refractivity contribution is 6.30. The van der Waals surface area contributed by atoms with Gasteiger partial charge in [0.25, 0.3) is 0 Å². The average Bonchev–Trinajstić information content (AvgIpc) is 3.39. The Kier molecular flexibility index (Phi) is 8.62. The van der Waals surface area contributed by atoms with Crippen molar-refractivity contribution in [3.63, 3.8) is 0 Å². The van der Waals surface area contributed by atoms with Gasteiger partial charge in [0.1, 0.15) is 6.10 Å². The molecule has 2 heterocycles. The van der Waals surface area contributed by atoms with E-state index in [9.17, 15) is 27.9 Å². The number of esters is 1. The van der Waals surface area contributed by atoms with Gasteiger partial charge in [-0.05, 0) is 35.2 Å². The van der Waals surface area contributed by atoms with Crippen molar-refractivity contribution >= 4 is 23.5 Å². The first-order chi connectivity index (χ1) is 20.3. The summed E-state index contributed by atoms with van der Waals surface area (Å²) in [7, 11) is 0. The van der Waals surface area contributed by atoms with Crippen LogP contribution in [0, 0.1) is 5.41 Å². The van der Waals surface area contributed by atoms with Crippen LogP contribution >= 0.6 is 11.6 Å². The summed E-state index contributed by atoms with van der Waals surface area (Å²) in [6.07, 6.45) is -6.10. The number of nitrogens with zero attached hydrogens (tertiary/aromatic N) is 2. The summed E-state index contributed by atoms with van der Waals surface area (Å²) < 4.78 is 45.0. The summed E-state index contributed by atoms with van der Waals surface area (Å²) in [6.45, 7) is 4.28. The fraction of sp³-hybridized carbons (Fsp3) is 0.394. The molecule has 6 nitrogen and oxygen atoms in total. The lowest BCUT2D eigenvalue weighted by molar-refractivity contribution is -0.207. The van der Waals surface area contributed by atoms with E-state index in [1.807, 2.05) is 79.4 Å². The van der Waals surface area contributed by atoms with Crippen molar-refractivity contribution < 1.29 is 32.6 Å². The molecular weight excluding hydrogens is 581 g/mol. The molecule has 2 aliphatic heterocycles. The molecule has 0 radical (unpaired) electrons. The maximum Gasteiger partial charge on any atom is 0.490 e. The van der Waals surface area contributed by atoms with Crippen LogP contribution in [0.4, 0.5) is 13.2 Å². The lowest BCUT2D eigenvalue weighted by Crippen LogP contribution is -2.60. The maximum atomic E-state index is 14.1. The minimum Gasteiger partial charge on any atom is -0.452 e. The Balaban J connectivity index is 1.44. The molecule has 0 aliphatic carbocycles. The lowest BCUT2D eigenvalue weighted by Gasteiger charge is -2.52. The van der Waals surface area contributed by atoms with E-state index in [1.165, 1.54) is 4.90 Å². The maximum absolute atomic E-state index is 14.1. The van der Waals surface area contributed by atoms with Gasteiger partial charge in [-0.15, -0.1) is 0 Å². The number of benzene rings is 3. The van der Waals surface area contributed by atoms with Crippen molar-refractivity contribution in [1.29, 1.82) is 0 Å². The van der Waals surface area contributed by atoms with Crippen LogP contribution in [-0.2, 0) is 19.9 Å². The number of carbonyl (C=O) groups excluding carboxylic acids is 2. The molecule has 2 fully saturated rings. The predicted octanol–water partition coefficient (Wildman–Crippen LogP) is 5.78. The van der Waals surface area contributed by atoms with Gasteiger partial charge in [-0.1, -0.05) is 98.2 Å². The molecule has 2 saturated heterocycles. The van der Waals surface area contributed by atoms with Crippen LogP contribution in [0.1, 0.15) is 42.9 Å². The van der Waals surface area contributed by atoms with Gasteiger partial charge in [-0.3, -0.25) is 9.69 Å². The molecule has 1 amide bonds. The van der Waals surface area contributed by atoms with Crippen LogP contribution in [0.2, 0.25) is 5.02 Å². The van der Waals surface area contributed by atoms with E-state index < -0.39 is 41.2 Å². The Labute approximate surface area is 254 Å². The molecule has 0 spiro atoms. The van der Waals surface area contributed by atoms with E-state index in [4.69, 9.17) is 16.3 Å². The van der Waals surface area contributed by atoms with Crippen LogP contribution < -0.4 is 0 Å². The Bertz CT molecular complexity index is 1400. The fourth-order valence-corrected chi connectivity index (χ4v) is 6.59. The van der Waals surface area contributed by atoms with Crippen molar-refractivity contribution in [3.8, 4) is 0 Å². The summed E-state index contributed by atoms with van der Waals surface area (Å²) >= 11 is 6.06. The van der Waals surface area contributed by atoms with Crippen LogP contribution in [-0.4, -0.2) is 71.3 Å². The van der Waals surface area contributed by atoms with Gasteiger partial charge in [0, 0.05) is 30.1 Å². The zero-order valence-electron chi connectivity index (χ0n) is 23.9. The third-order valence-corrected chi connectivity index (χ3v) is 9.07. The predicted molar refractivity (Wildman–Crippen MR) is 156 cm³/mol. The van der Waals surface area contributed by atoms with Gasteiger partial charge in [-0.2, -0.15) is 13.2 Å². The Hall–Kier alpha value is -3.40. The lowest BCUT2D eigenvalue weighted by atomic mass is 9.66. The molecule has 0 saturated carbocycles. The molecule has 5 rings (SSSR count). The van der Waals surface area contributed by atoms with E-state index in [0.717, 1.165) is 11.1 Å².